The molecular formula is C20H13BrClNOS. The Morgan fingerprint density at radius 3 is 2.88 bits per heavy atom. The molecule has 0 unspecified atom stereocenters. The number of carbonyl (C=O) groups is 1. The van der Waals surface area contributed by atoms with Crippen LogP contribution in [0, 0.1) is 0 Å². The first-order valence-electron chi connectivity index (χ1n) is 7.80. The largest absolute Gasteiger partial charge is 0.293 e. The lowest BCUT2D eigenvalue weighted by Crippen LogP contribution is -2.06. The summed E-state index contributed by atoms with van der Waals surface area (Å²) < 4.78 is 1.02. The molecule has 0 saturated heterocycles. The molecule has 2 nitrogen and oxygen atoms in total. The third-order valence-corrected chi connectivity index (χ3v) is 5.89. The average molecular weight is 431 g/mol. The van der Waals surface area contributed by atoms with E-state index in [4.69, 9.17) is 11.6 Å². The number of hydrogen-bond acceptors (Lipinski definition) is 3. The van der Waals surface area contributed by atoms with Crippen LogP contribution in [0.15, 0.2) is 64.1 Å². The number of aromatic nitrogens is 1. The molecule has 1 heterocycles. The van der Waals surface area contributed by atoms with Gasteiger partial charge in [0.25, 0.3) is 0 Å². The summed E-state index contributed by atoms with van der Waals surface area (Å²) in [5.74, 6) is 0.554. The van der Waals surface area contributed by atoms with E-state index in [-0.39, 0.29) is 5.78 Å². The lowest BCUT2D eigenvalue weighted by atomic mass is 10.00. The minimum Gasteiger partial charge on any atom is -0.293 e. The molecule has 1 aromatic heterocycles. The summed E-state index contributed by atoms with van der Waals surface area (Å²) in [6.45, 7) is 0. The van der Waals surface area contributed by atoms with Crippen LogP contribution in [0.4, 0.5) is 0 Å². The zero-order chi connectivity index (χ0) is 17.4. The number of nitrogens with zero attached hydrogens (tertiary/aromatic N) is 1. The Kier molecular flexibility index (Phi) is 4.67. The first-order valence-corrected chi connectivity index (χ1v) is 9.96. The van der Waals surface area contributed by atoms with Gasteiger partial charge >= 0.3 is 0 Å². The number of rotatable bonds is 4. The average Bonchev–Trinajstić information content (AvgIpc) is 2.97. The third-order valence-electron chi connectivity index (χ3n) is 4.20. The number of carbonyl (C=O) groups excluding carboxylic acids is 1. The van der Waals surface area contributed by atoms with Crippen molar-refractivity contribution in [2.24, 2.45) is 0 Å². The van der Waals surface area contributed by atoms with Crippen LogP contribution in [0.25, 0.3) is 11.3 Å². The van der Waals surface area contributed by atoms with E-state index in [0.29, 0.717) is 17.2 Å². The zero-order valence-corrected chi connectivity index (χ0v) is 16.3. The zero-order valence-electron chi connectivity index (χ0n) is 13.1. The highest BCUT2D eigenvalue weighted by atomic mass is 79.9. The molecule has 2 aromatic carbocycles. The Bertz CT molecular complexity index is 989. The fraction of sp³-hybridized carbons (Fsp3) is 0.100. The van der Waals surface area contributed by atoms with Crippen molar-refractivity contribution in [1.82, 2.24) is 4.98 Å². The summed E-state index contributed by atoms with van der Waals surface area (Å²) in [6.07, 6.45) is 2.37. The van der Waals surface area contributed by atoms with E-state index in [9.17, 15) is 4.79 Å². The maximum atomic E-state index is 12.8. The second kappa shape index (κ2) is 6.94. The van der Waals surface area contributed by atoms with E-state index in [0.717, 1.165) is 37.3 Å². The normalized spacial score (nSPS) is 11.9. The van der Waals surface area contributed by atoms with Crippen LogP contribution in [0.5, 0.6) is 0 Å². The molecule has 0 N–H and O–H groups in total. The van der Waals surface area contributed by atoms with Crippen LogP contribution in [0.3, 0.4) is 0 Å². The molecule has 1 aliphatic rings. The third kappa shape index (κ3) is 3.39. The summed E-state index contributed by atoms with van der Waals surface area (Å²) in [4.78, 5) is 18.3. The highest BCUT2D eigenvalue weighted by molar-refractivity contribution is 9.10. The van der Waals surface area contributed by atoms with Crippen LogP contribution in [0.1, 0.15) is 21.5 Å². The molecule has 0 fully saturated rings. The summed E-state index contributed by atoms with van der Waals surface area (Å²) in [6, 6.07) is 15.8. The van der Waals surface area contributed by atoms with Gasteiger partial charge in [-0.25, -0.2) is 0 Å². The number of thioether (sulfide) groups is 1. The molecule has 4 rings (SSSR count). The molecule has 0 radical (unpaired) electrons. The van der Waals surface area contributed by atoms with Gasteiger partial charge in [-0.05, 0) is 35.4 Å². The maximum absolute atomic E-state index is 12.8. The van der Waals surface area contributed by atoms with Gasteiger partial charge < -0.3 is 0 Å². The monoisotopic (exact) mass is 429 g/mol. The molecule has 0 atom stereocenters. The Labute approximate surface area is 163 Å². The fourth-order valence-corrected chi connectivity index (χ4v) is 4.66. The van der Waals surface area contributed by atoms with E-state index in [2.05, 4.69) is 20.9 Å². The van der Waals surface area contributed by atoms with Crippen LogP contribution < -0.4 is 0 Å². The van der Waals surface area contributed by atoms with E-state index in [1.807, 2.05) is 48.5 Å². The summed E-state index contributed by atoms with van der Waals surface area (Å²) in [5, 5.41) is 0.629. The lowest BCUT2D eigenvalue weighted by molar-refractivity contribution is 0.102. The van der Waals surface area contributed by atoms with Crippen molar-refractivity contribution in [3.63, 3.8) is 0 Å². The number of Topliss-reactive ketones (excluding diaryl/α,β-unsaturated/α-hetero) is 1. The number of ketones is 1. The molecule has 25 heavy (non-hydrogen) atoms. The second-order valence-corrected chi connectivity index (χ2v) is 8.24. The predicted molar refractivity (Wildman–Crippen MR) is 107 cm³/mol. The van der Waals surface area contributed by atoms with Gasteiger partial charge in [0.1, 0.15) is 0 Å². The van der Waals surface area contributed by atoms with Crippen LogP contribution in [-0.2, 0) is 6.42 Å². The molecule has 124 valence electrons. The molecular weight excluding hydrogens is 418 g/mol. The quantitative estimate of drug-likeness (QED) is 0.292. The summed E-state index contributed by atoms with van der Waals surface area (Å²) in [7, 11) is 0. The number of pyridine rings is 1. The first-order chi connectivity index (χ1) is 12.1. The van der Waals surface area contributed by atoms with Crippen molar-refractivity contribution in [3.05, 3.63) is 80.9 Å². The van der Waals surface area contributed by atoms with Gasteiger partial charge in [-0.2, -0.15) is 0 Å². The molecule has 0 saturated carbocycles. The van der Waals surface area contributed by atoms with E-state index < -0.39 is 0 Å². The first kappa shape index (κ1) is 16.8. The van der Waals surface area contributed by atoms with Gasteiger partial charge in [-0.3, -0.25) is 9.78 Å². The Morgan fingerprint density at radius 1 is 1.20 bits per heavy atom. The molecule has 0 aliphatic heterocycles. The van der Waals surface area contributed by atoms with Gasteiger partial charge in [0.05, 0.1) is 16.5 Å². The number of benzene rings is 2. The molecule has 1 aliphatic carbocycles. The predicted octanol–water partition coefficient (Wildman–Crippen LogP) is 6.04. The van der Waals surface area contributed by atoms with Crippen molar-refractivity contribution >= 4 is 45.1 Å². The Balaban J connectivity index is 1.59. The van der Waals surface area contributed by atoms with Gasteiger partial charge in [0.15, 0.2) is 5.78 Å². The van der Waals surface area contributed by atoms with Crippen molar-refractivity contribution in [2.75, 3.05) is 5.75 Å². The van der Waals surface area contributed by atoms with Gasteiger partial charge in [0.2, 0.25) is 0 Å². The summed E-state index contributed by atoms with van der Waals surface area (Å²) in [5.41, 5.74) is 4.92. The van der Waals surface area contributed by atoms with E-state index in [1.165, 1.54) is 0 Å². The molecule has 0 amide bonds. The molecule has 0 spiro atoms. The number of halogens is 2. The number of hydrogen-bond donors (Lipinski definition) is 0. The number of fused-ring (bicyclic) bond motifs is 3. The van der Waals surface area contributed by atoms with E-state index in [1.54, 1.807) is 18.0 Å². The lowest BCUT2D eigenvalue weighted by Gasteiger charge is -2.07. The Hall–Kier alpha value is -1.62. The van der Waals surface area contributed by atoms with Gasteiger partial charge in [0, 0.05) is 33.1 Å². The minimum atomic E-state index is 0.140. The second-order valence-electron chi connectivity index (χ2n) is 5.84. The standard InChI is InChI=1S/C20H13BrClNOS/c21-13-3-1-4-15(9-13)25-11-19(24)16-5-2-6-17-18(16)8-12-7-14(22)10-23-20(12)17/h1-7,9-10H,8,11H2. The van der Waals surface area contributed by atoms with Gasteiger partial charge in [-0.15, -0.1) is 11.8 Å². The highest BCUT2D eigenvalue weighted by Crippen LogP contribution is 2.38. The highest BCUT2D eigenvalue weighted by Gasteiger charge is 2.24. The van der Waals surface area contributed by atoms with Gasteiger partial charge in [-0.1, -0.05) is 51.8 Å². The molecule has 3 aromatic rings. The van der Waals surface area contributed by atoms with Crippen LogP contribution >= 0.6 is 39.3 Å². The SMILES string of the molecule is O=C(CSc1cccc(Br)c1)c1cccc2c1Cc1cc(Cl)cnc1-2. The van der Waals surface area contributed by atoms with Crippen LogP contribution in [0.2, 0.25) is 5.02 Å². The summed E-state index contributed by atoms with van der Waals surface area (Å²) >= 11 is 11.1. The molecule has 0 bridgehead atoms. The maximum Gasteiger partial charge on any atom is 0.173 e. The van der Waals surface area contributed by atoms with Crippen molar-refractivity contribution < 1.29 is 4.79 Å². The smallest absolute Gasteiger partial charge is 0.173 e. The fourth-order valence-electron chi connectivity index (χ4n) is 3.09. The van der Waals surface area contributed by atoms with Crippen LogP contribution in [-0.4, -0.2) is 16.5 Å². The van der Waals surface area contributed by atoms with Crippen molar-refractivity contribution in [1.29, 1.82) is 0 Å². The minimum absolute atomic E-state index is 0.140. The van der Waals surface area contributed by atoms with E-state index >= 15 is 0 Å². The Morgan fingerprint density at radius 2 is 2.04 bits per heavy atom. The topological polar surface area (TPSA) is 30.0 Å². The molecule has 5 heteroatoms. The van der Waals surface area contributed by atoms with Crippen molar-refractivity contribution in [3.8, 4) is 11.3 Å². The van der Waals surface area contributed by atoms with Crippen molar-refractivity contribution in [2.45, 2.75) is 11.3 Å².